The van der Waals surface area contributed by atoms with E-state index in [2.05, 4.69) is 0 Å². The molecule has 106 valence electrons. The molecule has 0 aliphatic heterocycles. The van der Waals surface area contributed by atoms with Crippen LogP contribution in [0.5, 0.6) is 0 Å². The van der Waals surface area contributed by atoms with Gasteiger partial charge in [-0.3, -0.25) is 0 Å². The summed E-state index contributed by atoms with van der Waals surface area (Å²) in [6, 6.07) is 4.93. The number of halogens is 2. The molecule has 1 aromatic carbocycles. The van der Waals surface area contributed by atoms with Crippen LogP contribution < -0.4 is 0 Å². The van der Waals surface area contributed by atoms with Gasteiger partial charge in [0.15, 0.2) is 0 Å². The van der Waals surface area contributed by atoms with Crippen molar-refractivity contribution >= 4 is 33.2 Å². The standard InChI is InChI=1S/C13H17Cl2NO2S/c1-9(11-3-4-11)16(2)19(17,18)8-10-5-12(14)7-13(15)6-10/h5-7,9,11H,3-4,8H2,1-2H3/t9-/m0/s1. The van der Waals surface area contributed by atoms with E-state index in [4.69, 9.17) is 23.2 Å². The predicted octanol–water partition coefficient (Wildman–Crippen LogP) is 3.55. The van der Waals surface area contributed by atoms with Gasteiger partial charge in [0.05, 0.1) is 5.75 Å². The summed E-state index contributed by atoms with van der Waals surface area (Å²) in [6.45, 7) is 1.96. The van der Waals surface area contributed by atoms with Gasteiger partial charge in [-0.2, -0.15) is 0 Å². The smallest absolute Gasteiger partial charge is 0.212 e. The summed E-state index contributed by atoms with van der Waals surface area (Å²) in [6.07, 6.45) is 2.23. The molecule has 0 aromatic heterocycles. The molecule has 0 amide bonds. The highest BCUT2D eigenvalue weighted by Crippen LogP contribution is 2.36. The Morgan fingerprint density at radius 1 is 1.26 bits per heavy atom. The summed E-state index contributed by atoms with van der Waals surface area (Å²) < 4.78 is 26.1. The van der Waals surface area contributed by atoms with Gasteiger partial charge in [0.2, 0.25) is 10.0 Å². The van der Waals surface area contributed by atoms with Crippen LogP contribution in [0.1, 0.15) is 25.3 Å². The minimum atomic E-state index is -3.34. The number of benzene rings is 1. The van der Waals surface area contributed by atoms with Crippen molar-refractivity contribution in [2.45, 2.75) is 31.6 Å². The molecule has 1 atom stereocenters. The van der Waals surface area contributed by atoms with Crippen molar-refractivity contribution in [3.05, 3.63) is 33.8 Å². The highest BCUT2D eigenvalue weighted by Gasteiger charge is 2.35. The quantitative estimate of drug-likeness (QED) is 0.831. The van der Waals surface area contributed by atoms with Crippen LogP contribution in [0.3, 0.4) is 0 Å². The lowest BCUT2D eigenvalue weighted by atomic mass is 10.2. The van der Waals surface area contributed by atoms with Gasteiger partial charge < -0.3 is 0 Å². The third-order valence-corrected chi connectivity index (χ3v) is 5.93. The molecule has 0 bridgehead atoms. The predicted molar refractivity (Wildman–Crippen MR) is 79.0 cm³/mol. The van der Waals surface area contributed by atoms with Crippen molar-refractivity contribution in [1.29, 1.82) is 0 Å². The van der Waals surface area contributed by atoms with Crippen LogP contribution in [0.25, 0.3) is 0 Å². The van der Waals surface area contributed by atoms with Gasteiger partial charge in [-0.05, 0) is 49.4 Å². The summed E-state index contributed by atoms with van der Waals surface area (Å²) in [7, 11) is -1.69. The van der Waals surface area contributed by atoms with Gasteiger partial charge in [-0.25, -0.2) is 12.7 Å². The summed E-state index contributed by atoms with van der Waals surface area (Å²) in [4.78, 5) is 0. The summed E-state index contributed by atoms with van der Waals surface area (Å²) in [5.41, 5.74) is 0.618. The molecular formula is C13H17Cl2NO2S. The number of hydrogen-bond donors (Lipinski definition) is 0. The molecule has 1 aliphatic carbocycles. The first kappa shape index (κ1) is 15.1. The maximum atomic E-state index is 12.3. The van der Waals surface area contributed by atoms with Crippen molar-refractivity contribution in [1.82, 2.24) is 4.31 Å². The van der Waals surface area contributed by atoms with E-state index >= 15 is 0 Å². The number of nitrogens with zero attached hydrogens (tertiary/aromatic N) is 1. The fraction of sp³-hybridized carbons (Fsp3) is 0.538. The second-order valence-electron chi connectivity index (χ2n) is 5.13. The molecule has 0 unspecified atom stereocenters. The highest BCUT2D eigenvalue weighted by molar-refractivity contribution is 7.88. The second kappa shape index (κ2) is 5.60. The van der Waals surface area contributed by atoms with E-state index in [-0.39, 0.29) is 11.8 Å². The maximum Gasteiger partial charge on any atom is 0.218 e. The van der Waals surface area contributed by atoms with Gasteiger partial charge in [0, 0.05) is 23.1 Å². The number of rotatable bonds is 5. The Labute approximate surface area is 124 Å². The zero-order chi connectivity index (χ0) is 14.2. The molecule has 0 radical (unpaired) electrons. The molecule has 0 N–H and O–H groups in total. The van der Waals surface area contributed by atoms with E-state index in [1.807, 2.05) is 6.92 Å². The van der Waals surface area contributed by atoms with Crippen molar-refractivity contribution in [2.75, 3.05) is 7.05 Å². The number of sulfonamides is 1. The van der Waals surface area contributed by atoms with Gasteiger partial charge in [0.1, 0.15) is 0 Å². The zero-order valence-electron chi connectivity index (χ0n) is 10.9. The van der Waals surface area contributed by atoms with Crippen molar-refractivity contribution < 1.29 is 8.42 Å². The van der Waals surface area contributed by atoms with E-state index in [1.165, 1.54) is 4.31 Å². The van der Waals surface area contributed by atoms with E-state index < -0.39 is 10.0 Å². The molecule has 19 heavy (non-hydrogen) atoms. The fourth-order valence-corrected chi connectivity index (χ4v) is 4.18. The average Bonchev–Trinajstić information content (AvgIpc) is 3.08. The van der Waals surface area contributed by atoms with Gasteiger partial charge in [-0.1, -0.05) is 23.2 Å². The third-order valence-electron chi connectivity index (χ3n) is 3.59. The third kappa shape index (κ3) is 3.85. The lowest BCUT2D eigenvalue weighted by molar-refractivity contribution is 0.356. The summed E-state index contributed by atoms with van der Waals surface area (Å²) >= 11 is 11.8. The topological polar surface area (TPSA) is 37.4 Å². The molecule has 0 spiro atoms. The Kier molecular flexibility index (Phi) is 4.45. The van der Waals surface area contributed by atoms with Gasteiger partial charge in [0.25, 0.3) is 0 Å². The largest absolute Gasteiger partial charge is 0.218 e. The van der Waals surface area contributed by atoms with Crippen LogP contribution in [-0.4, -0.2) is 25.8 Å². The Morgan fingerprint density at radius 2 is 1.79 bits per heavy atom. The SMILES string of the molecule is C[C@@H](C1CC1)N(C)S(=O)(=O)Cc1cc(Cl)cc(Cl)c1. The van der Waals surface area contributed by atoms with Crippen molar-refractivity contribution in [3.63, 3.8) is 0 Å². The molecule has 1 aliphatic rings. The minimum Gasteiger partial charge on any atom is -0.212 e. The van der Waals surface area contributed by atoms with Gasteiger partial charge in [-0.15, -0.1) is 0 Å². The van der Waals surface area contributed by atoms with Crippen molar-refractivity contribution in [3.8, 4) is 0 Å². The monoisotopic (exact) mass is 321 g/mol. The Bertz CT molecular complexity index is 550. The zero-order valence-corrected chi connectivity index (χ0v) is 13.3. The first-order chi connectivity index (χ1) is 8.79. The molecule has 1 fully saturated rings. The van der Waals surface area contributed by atoms with E-state index in [1.54, 1.807) is 25.2 Å². The Hall–Kier alpha value is -0.290. The normalized spacial score (nSPS) is 17.7. The van der Waals surface area contributed by atoms with E-state index in [0.717, 1.165) is 12.8 Å². The molecule has 0 saturated heterocycles. The van der Waals surface area contributed by atoms with Crippen LogP contribution in [0, 0.1) is 5.92 Å². The molecule has 6 heteroatoms. The van der Waals surface area contributed by atoms with Crippen molar-refractivity contribution in [2.24, 2.45) is 5.92 Å². The molecule has 1 aromatic rings. The maximum absolute atomic E-state index is 12.3. The van der Waals surface area contributed by atoms with Crippen LogP contribution in [0.4, 0.5) is 0 Å². The lowest BCUT2D eigenvalue weighted by Gasteiger charge is -2.24. The molecule has 3 nitrogen and oxygen atoms in total. The average molecular weight is 322 g/mol. The molecule has 2 rings (SSSR count). The van der Waals surface area contributed by atoms with E-state index in [0.29, 0.717) is 21.5 Å². The second-order valence-corrected chi connectivity index (χ2v) is 8.03. The molecule has 1 saturated carbocycles. The lowest BCUT2D eigenvalue weighted by Crippen LogP contribution is -2.37. The Morgan fingerprint density at radius 3 is 2.26 bits per heavy atom. The molecule has 0 heterocycles. The van der Waals surface area contributed by atoms with Gasteiger partial charge >= 0.3 is 0 Å². The van der Waals surface area contributed by atoms with E-state index in [9.17, 15) is 8.42 Å². The first-order valence-electron chi connectivity index (χ1n) is 6.20. The minimum absolute atomic E-state index is 0.0552. The van der Waals surface area contributed by atoms with Crippen LogP contribution >= 0.6 is 23.2 Å². The summed E-state index contributed by atoms with van der Waals surface area (Å²) in [5, 5.41) is 0.909. The Balaban J connectivity index is 2.15. The first-order valence-corrected chi connectivity index (χ1v) is 8.57. The fourth-order valence-electron chi connectivity index (χ4n) is 2.14. The van der Waals surface area contributed by atoms with Crippen LogP contribution in [-0.2, 0) is 15.8 Å². The number of hydrogen-bond acceptors (Lipinski definition) is 2. The van der Waals surface area contributed by atoms with Crippen LogP contribution in [0.15, 0.2) is 18.2 Å². The molecular weight excluding hydrogens is 305 g/mol. The van der Waals surface area contributed by atoms with Crippen LogP contribution in [0.2, 0.25) is 10.0 Å². The highest BCUT2D eigenvalue weighted by atomic mass is 35.5. The summed E-state index contributed by atoms with van der Waals surface area (Å²) in [5.74, 6) is 0.434.